The van der Waals surface area contributed by atoms with E-state index in [9.17, 15) is 22.0 Å². The third kappa shape index (κ3) is 5.67. The van der Waals surface area contributed by atoms with Gasteiger partial charge in [-0.25, -0.2) is 8.78 Å². The van der Waals surface area contributed by atoms with Crippen molar-refractivity contribution >= 4 is 6.08 Å². The van der Waals surface area contributed by atoms with Crippen molar-refractivity contribution in [1.82, 2.24) is 0 Å². The summed E-state index contributed by atoms with van der Waals surface area (Å²) in [6.07, 6.45) is -4.51. The monoisotopic (exact) mass is 404 g/mol. The molecule has 0 N–H and O–H groups in total. The molecule has 3 aromatic rings. The van der Waals surface area contributed by atoms with E-state index in [-0.39, 0.29) is 18.4 Å². The first kappa shape index (κ1) is 20.6. The van der Waals surface area contributed by atoms with Gasteiger partial charge in [-0.2, -0.15) is 13.2 Å². The molecule has 3 aromatic carbocycles. The Morgan fingerprint density at radius 3 is 1.86 bits per heavy atom. The average Bonchev–Trinajstić information content (AvgIpc) is 2.66. The maximum Gasteiger partial charge on any atom is 0.409 e. The molecule has 0 radical (unpaired) electrons. The second-order valence-corrected chi connectivity index (χ2v) is 6.53. The molecule has 0 aliphatic carbocycles. The molecular formula is C23H17F5O. The van der Waals surface area contributed by atoms with Gasteiger partial charge in [0, 0.05) is 23.8 Å². The SMILES string of the molecule is Cc1ccc(-c2ccc(COc3cc(F)c(/C=C/C(F)(F)F)c(F)c3)cc2)cc1. The van der Waals surface area contributed by atoms with Crippen molar-refractivity contribution in [3.05, 3.63) is 95.1 Å². The molecule has 0 fully saturated rings. The van der Waals surface area contributed by atoms with E-state index in [4.69, 9.17) is 4.74 Å². The fraction of sp³-hybridized carbons (Fsp3) is 0.130. The molecule has 6 heteroatoms. The van der Waals surface area contributed by atoms with Crippen LogP contribution in [0.3, 0.4) is 0 Å². The van der Waals surface area contributed by atoms with Crippen LogP contribution in [0.4, 0.5) is 22.0 Å². The standard InChI is InChI=1S/C23H17F5O/c1-15-2-6-17(7-3-15)18-8-4-16(5-9-18)14-29-19-12-21(24)20(22(25)13-19)10-11-23(26,27)28/h2-13H,14H2,1H3/b11-10+. The summed E-state index contributed by atoms with van der Waals surface area (Å²) in [5.41, 5.74) is 3.26. The molecule has 0 aliphatic heterocycles. The molecule has 0 atom stereocenters. The lowest BCUT2D eigenvalue weighted by atomic mass is 10.0. The van der Waals surface area contributed by atoms with Crippen molar-refractivity contribution in [2.45, 2.75) is 19.7 Å². The normalized spacial score (nSPS) is 11.8. The third-order valence-electron chi connectivity index (χ3n) is 4.24. The third-order valence-corrected chi connectivity index (χ3v) is 4.24. The Kier molecular flexibility index (Phi) is 6.01. The molecule has 0 amide bonds. The Labute approximate surface area is 165 Å². The molecule has 0 bridgehead atoms. The Balaban J connectivity index is 1.68. The molecule has 0 heterocycles. The number of rotatable bonds is 5. The summed E-state index contributed by atoms with van der Waals surface area (Å²) in [7, 11) is 0. The molecule has 0 saturated heterocycles. The van der Waals surface area contributed by atoms with Gasteiger partial charge in [0.05, 0.1) is 0 Å². The Morgan fingerprint density at radius 1 is 0.828 bits per heavy atom. The summed E-state index contributed by atoms with van der Waals surface area (Å²) in [6, 6.07) is 17.3. The number of hydrogen-bond acceptors (Lipinski definition) is 1. The largest absolute Gasteiger partial charge is 0.489 e. The predicted molar refractivity (Wildman–Crippen MR) is 102 cm³/mol. The van der Waals surface area contributed by atoms with E-state index in [0.29, 0.717) is 6.08 Å². The van der Waals surface area contributed by atoms with Crippen molar-refractivity contribution in [3.63, 3.8) is 0 Å². The summed E-state index contributed by atoms with van der Waals surface area (Å²) < 4.78 is 69.8. The maximum absolute atomic E-state index is 13.9. The van der Waals surface area contributed by atoms with Crippen LogP contribution in [0.1, 0.15) is 16.7 Å². The minimum Gasteiger partial charge on any atom is -0.489 e. The van der Waals surface area contributed by atoms with Crippen LogP contribution in [-0.4, -0.2) is 6.18 Å². The number of alkyl halides is 3. The molecule has 0 aliphatic rings. The number of hydrogen-bond donors (Lipinski definition) is 0. The second kappa shape index (κ2) is 8.47. The lowest BCUT2D eigenvalue weighted by Crippen LogP contribution is -2.02. The zero-order chi connectivity index (χ0) is 21.0. The smallest absolute Gasteiger partial charge is 0.409 e. The number of allylic oxidation sites excluding steroid dienone is 1. The highest BCUT2D eigenvalue weighted by Gasteiger charge is 2.23. The van der Waals surface area contributed by atoms with Gasteiger partial charge < -0.3 is 4.74 Å². The van der Waals surface area contributed by atoms with Gasteiger partial charge in [0.25, 0.3) is 0 Å². The molecule has 150 valence electrons. The van der Waals surface area contributed by atoms with Gasteiger partial charge >= 0.3 is 6.18 Å². The van der Waals surface area contributed by atoms with Crippen LogP contribution in [-0.2, 0) is 6.61 Å². The highest BCUT2D eigenvalue weighted by Crippen LogP contribution is 2.26. The number of ether oxygens (including phenoxy) is 1. The lowest BCUT2D eigenvalue weighted by Gasteiger charge is -2.09. The first-order chi connectivity index (χ1) is 13.7. The lowest BCUT2D eigenvalue weighted by molar-refractivity contribution is -0.0790. The van der Waals surface area contributed by atoms with Gasteiger partial charge in [0.1, 0.15) is 24.0 Å². The summed E-state index contributed by atoms with van der Waals surface area (Å²) in [5.74, 6) is -2.36. The minimum atomic E-state index is -4.65. The van der Waals surface area contributed by atoms with E-state index in [2.05, 4.69) is 0 Å². The van der Waals surface area contributed by atoms with Crippen LogP contribution in [0.25, 0.3) is 17.2 Å². The fourth-order valence-corrected chi connectivity index (χ4v) is 2.69. The molecular weight excluding hydrogens is 387 g/mol. The number of aryl methyl sites for hydroxylation is 1. The van der Waals surface area contributed by atoms with E-state index >= 15 is 0 Å². The summed E-state index contributed by atoms with van der Waals surface area (Å²) >= 11 is 0. The molecule has 0 aromatic heterocycles. The van der Waals surface area contributed by atoms with Crippen molar-refractivity contribution in [1.29, 1.82) is 0 Å². The van der Waals surface area contributed by atoms with Crippen LogP contribution in [0, 0.1) is 18.6 Å². The fourth-order valence-electron chi connectivity index (χ4n) is 2.69. The Morgan fingerprint density at radius 2 is 1.34 bits per heavy atom. The van der Waals surface area contributed by atoms with Crippen molar-refractivity contribution in [2.24, 2.45) is 0 Å². The highest BCUT2D eigenvalue weighted by atomic mass is 19.4. The van der Waals surface area contributed by atoms with Crippen molar-refractivity contribution in [2.75, 3.05) is 0 Å². The van der Waals surface area contributed by atoms with Gasteiger partial charge in [0.15, 0.2) is 0 Å². The summed E-state index contributed by atoms with van der Waals surface area (Å²) in [6.45, 7) is 2.07. The van der Waals surface area contributed by atoms with Gasteiger partial charge in [0.2, 0.25) is 0 Å². The predicted octanol–water partition coefficient (Wildman–Crippen LogP) is 7.09. The van der Waals surface area contributed by atoms with Gasteiger partial charge in [-0.05, 0) is 29.7 Å². The zero-order valence-corrected chi connectivity index (χ0v) is 15.4. The molecule has 0 spiro atoms. The van der Waals surface area contributed by atoms with E-state index in [1.165, 1.54) is 0 Å². The molecule has 0 saturated carbocycles. The quantitative estimate of drug-likeness (QED) is 0.412. The van der Waals surface area contributed by atoms with Crippen LogP contribution in [0.2, 0.25) is 0 Å². The molecule has 1 nitrogen and oxygen atoms in total. The van der Waals surface area contributed by atoms with E-state index < -0.39 is 23.4 Å². The van der Waals surface area contributed by atoms with Crippen LogP contribution >= 0.6 is 0 Å². The van der Waals surface area contributed by atoms with E-state index in [1.807, 2.05) is 55.5 Å². The van der Waals surface area contributed by atoms with Gasteiger partial charge in [-0.3, -0.25) is 0 Å². The minimum absolute atomic E-state index is 0.0603. The van der Waals surface area contributed by atoms with Gasteiger partial charge in [-0.1, -0.05) is 54.1 Å². The molecule has 29 heavy (non-hydrogen) atoms. The van der Waals surface area contributed by atoms with E-state index in [0.717, 1.165) is 34.4 Å². The average molecular weight is 404 g/mol. The topological polar surface area (TPSA) is 9.23 Å². The first-order valence-corrected chi connectivity index (χ1v) is 8.75. The first-order valence-electron chi connectivity index (χ1n) is 8.75. The number of benzene rings is 3. The van der Waals surface area contributed by atoms with Crippen molar-refractivity contribution < 1.29 is 26.7 Å². The Hall–Kier alpha value is -3.15. The van der Waals surface area contributed by atoms with Gasteiger partial charge in [-0.15, -0.1) is 0 Å². The molecule has 0 unspecified atom stereocenters. The Bertz CT molecular complexity index is 980. The maximum atomic E-state index is 13.9. The van der Waals surface area contributed by atoms with Crippen LogP contribution < -0.4 is 4.74 Å². The summed E-state index contributed by atoms with van der Waals surface area (Å²) in [4.78, 5) is 0. The van der Waals surface area contributed by atoms with E-state index in [1.54, 1.807) is 0 Å². The zero-order valence-electron chi connectivity index (χ0n) is 15.4. The highest BCUT2D eigenvalue weighted by molar-refractivity contribution is 5.63. The van der Waals surface area contributed by atoms with Crippen LogP contribution in [0.5, 0.6) is 5.75 Å². The van der Waals surface area contributed by atoms with Crippen molar-refractivity contribution in [3.8, 4) is 16.9 Å². The second-order valence-electron chi connectivity index (χ2n) is 6.53. The summed E-state index contributed by atoms with van der Waals surface area (Å²) in [5, 5.41) is 0. The molecule has 3 rings (SSSR count). The number of halogens is 5. The van der Waals surface area contributed by atoms with Crippen LogP contribution in [0.15, 0.2) is 66.7 Å².